The van der Waals surface area contributed by atoms with E-state index in [0.717, 1.165) is 23.5 Å². The number of aryl methyl sites for hydroxylation is 1. The van der Waals surface area contributed by atoms with Crippen LogP contribution in [-0.2, 0) is 7.05 Å². The summed E-state index contributed by atoms with van der Waals surface area (Å²) in [5, 5.41) is 0. The number of hydrogen-bond donors (Lipinski definition) is 1. The van der Waals surface area contributed by atoms with Gasteiger partial charge in [-0.25, -0.2) is 15.0 Å². The molecule has 2 heterocycles. The molecule has 2 N–H and O–H groups in total. The molecular formula is C9H14N6. The van der Waals surface area contributed by atoms with Gasteiger partial charge in [-0.05, 0) is 0 Å². The summed E-state index contributed by atoms with van der Waals surface area (Å²) in [6.07, 6.45) is 3.28. The van der Waals surface area contributed by atoms with Crippen molar-refractivity contribution in [1.29, 1.82) is 0 Å². The number of nitrogens with two attached hydrogens (primary N) is 1. The van der Waals surface area contributed by atoms with Crippen molar-refractivity contribution in [3.05, 3.63) is 12.7 Å². The Kier molecular flexibility index (Phi) is 2.51. The van der Waals surface area contributed by atoms with E-state index in [2.05, 4.69) is 15.0 Å². The van der Waals surface area contributed by atoms with Crippen molar-refractivity contribution in [3.63, 3.8) is 0 Å². The summed E-state index contributed by atoms with van der Waals surface area (Å²) in [4.78, 5) is 14.7. The maximum Gasteiger partial charge on any atom is 0.165 e. The van der Waals surface area contributed by atoms with Crippen LogP contribution < -0.4 is 10.6 Å². The number of rotatable bonds is 3. The maximum atomic E-state index is 5.51. The maximum absolute atomic E-state index is 5.51. The van der Waals surface area contributed by atoms with Crippen molar-refractivity contribution in [2.75, 3.05) is 25.0 Å². The van der Waals surface area contributed by atoms with Gasteiger partial charge in [0.05, 0.1) is 6.33 Å². The Morgan fingerprint density at radius 1 is 1.40 bits per heavy atom. The molecule has 0 bridgehead atoms. The van der Waals surface area contributed by atoms with Crippen molar-refractivity contribution >= 4 is 17.0 Å². The minimum Gasteiger partial charge on any atom is -0.356 e. The monoisotopic (exact) mass is 206 g/mol. The van der Waals surface area contributed by atoms with Gasteiger partial charge in [0.15, 0.2) is 17.0 Å². The van der Waals surface area contributed by atoms with Gasteiger partial charge >= 0.3 is 0 Å². The van der Waals surface area contributed by atoms with Crippen molar-refractivity contribution < 1.29 is 0 Å². The zero-order valence-electron chi connectivity index (χ0n) is 8.88. The molecule has 2 aromatic heterocycles. The first kappa shape index (κ1) is 9.85. The van der Waals surface area contributed by atoms with Crippen LogP contribution in [0.25, 0.3) is 11.2 Å². The predicted molar refractivity (Wildman–Crippen MR) is 58.6 cm³/mol. The van der Waals surface area contributed by atoms with E-state index in [-0.39, 0.29) is 0 Å². The van der Waals surface area contributed by atoms with E-state index in [1.807, 2.05) is 23.6 Å². The molecule has 80 valence electrons. The lowest BCUT2D eigenvalue weighted by Crippen LogP contribution is -2.26. The molecule has 0 saturated carbocycles. The average Bonchev–Trinajstić information content (AvgIpc) is 2.61. The van der Waals surface area contributed by atoms with Crippen LogP contribution in [0.1, 0.15) is 0 Å². The smallest absolute Gasteiger partial charge is 0.165 e. The van der Waals surface area contributed by atoms with Crippen LogP contribution in [0, 0.1) is 0 Å². The van der Waals surface area contributed by atoms with Gasteiger partial charge in [0.2, 0.25) is 0 Å². The number of aromatic nitrogens is 4. The van der Waals surface area contributed by atoms with E-state index in [4.69, 9.17) is 5.73 Å². The molecule has 0 saturated heterocycles. The minimum absolute atomic E-state index is 0.592. The molecule has 2 aromatic rings. The second-order valence-electron chi connectivity index (χ2n) is 3.44. The molecule has 0 aliphatic carbocycles. The fourth-order valence-electron chi connectivity index (χ4n) is 1.51. The normalized spacial score (nSPS) is 10.9. The number of anilines is 1. The number of likely N-dealkylation sites (N-methyl/N-ethyl adjacent to an activating group) is 1. The molecule has 0 fully saturated rings. The molecular weight excluding hydrogens is 192 g/mol. The van der Waals surface area contributed by atoms with E-state index >= 15 is 0 Å². The van der Waals surface area contributed by atoms with Gasteiger partial charge in [-0.15, -0.1) is 0 Å². The summed E-state index contributed by atoms with van der Waals surface area (Å²) in [5.74, 6) is 0.825. The average molecular weight is 206 g/mol. The molecule has 0 atom stereocenters. The second kappa shape index (κ2) is 3.82. The summed E-state index contributed by atoms with van der Waals surface area (Å²) in [6, 6.07) is 0. The molecule has 6 nitrogen and oxygen atoms in total. The standard InChI is InChI=1S/C9H14N6/c1-14(4-3-10)8-7-9(12-5-11-8)15(2)6-13-7/h5-6H,3-4,10H2,1-2H3. The molecule has 0 unspecified atom stereocenters. The van der Waals surface area contributed by atoms with Crippen LogP contribution >= 0.6 is 0 Å². The first-order chi connectivity index (χ1) is 7.24. The highest BCUT2D eigenvalue weighted by Gasteiger charge is 2.11. The topological polar surface area (TPSA) is 72.9 Å². The molecule has 15 heavy (non-hydrogen) atoms. The van der Waals surface area contributed by atoms with Crippen LogP contribution in [-0.4, -0.2) is 39.7 Å². The van der Waals surface area contributed by atoms with Crippen LogP contribution in [0.3, 0.4) is 0 Å². The molecule has 0 amide bonds. The lowest BCUT2D eigenvalue weighted by Gasteiger charge is -2.16. The first-order valence-electron chi connectivity index (χ1n) is 4.77. The van der Waals surface area contributed by atoms with Crippen LogP contribution in [0.4, 0.5) is 5.82 Å². The summed E-state index contributed by atoms with van der Waals surface area (Å²) in [6.45, 7) is 1.34. The quantitative estimate of drug-likeness (QED) is 0.750. The zero-order chi connectivity index (χ0) is 10.8. The SMILES string of the molecule is CN(CCN)c1ncnc2c1ncn2C. The van der Waals surface area contributed by atoms with Gasteiger partial charge in [-0.1, -0.05) is 0 Å². The Hall–Kier alpha value is -1.69. The third-order valence-electron chi connectivity index (χ3n) is 2.30. The van der Waals surface area contributed by atoms with Gasteiger partial charge in [0.1, 0.15) is 6.33 Å². The minimum atomic E-state index is 0.592. The predicted octanol–water partition coefficient (Wildman–Crippen LogP) is -0.242. The highest BCUT2D eigenvalue weighted by molar-refractivity contribution is 5.83. The van der Waals surface area contributed by atoms with Gasteiger partial charge in [0.25, 0.3) is 0 Å². The van der Waals surface area contributed by atoms with E-state index in [0.29, 0.717) is 6.54 Å². The van der Waals surface area contributed by atoms with E-state index in [1.165, 1.54) is 0 Å². The Labute approximate surface area is 87.8 Å². The van der Waals surface area contributed by atoms with Crippen molar-refractivity contribution in [2.45, 2.75) is 0 Å². The van der Waals surface area contributed by atoms with E-state index in [9.17, 15) is 0 Å². The fraction of sp³-hybridized carbons (Fsp3) is 0.444. The van der Waals surface area contributed by atoms with Gasteiger partial charge in [-0.3, -0.25) is 0 Å². The zero-order valence-corrected chi connectivity index (χ0v) is 8.88. The molecule has 2 rings (SSSR count). The third kappa shape index (κ3) is 1.63. The largest absolute Gasteiger partial charge is 0.356 e. The number of imidazole rings is 1. The molecule has 0 radical (unpaired) electrons. The number of nitrogens with zero attached hydrogens (tertiary/aromatic N) is 5. The van der Waals surface area contributed by atoms with Gasteiger partial charge < -0.3 is 15.2 Å². The van der Waals surface area contributed by atoms with Crippen molar-refractivity contribution in [1.82, 2.24) is 19.5 Å². The molecule has 0 aromatic carbocycles. The van der Waals surface area contributed by atoms with Crippen molar-refractivity contribution in [2.24, 2.45) is 12.8 Å². The Morgan fingerprint density at radius 3 is 2.93 bits per heavy atom. The summed E-state index contributed by atoms with van der Waals surface area (Å²) >= 11 is 0. The Balaban J connectivity index is 2.51. The van der Waals surface area contributed by atoms with Crippen LogP contribution in [0.5, 0.6) is 0 Å². The fourth-order valence-corrected chi connectivity index (χ4v) is 1.51. The Morgan fingerprint density at radius 2 is 2.20 bits per heavy atom. The highest BCUT2D eigenvalue weighted by atomic mass is 15.2. The van der Waals surface area contributed by atoms with Crippen molar-refractivity contribution in [3.8, 4) is 0 Å². The second-order valence-corrected chi connectivity index (χ2v) is 3.44. The number of fused-ring (bicyclic) bond motifs is 1. The van der Waals surface area contributed by atoms with Crippen LogP contribution in [0.15, 0.2) is 12.7 Å². The third-order valence-corrected chi connectivity index (χ3v) is 2.30. The number of hydrogen-bond acceptors (Lipinski definition) is 5. The Bertz CT molecular complexity index is 463. The summed E-state index contributed by atoms with van der Waals surface area (Å²) in [5.41, 5.74) is 7.16. The molecule has 6 heteroatoms. The summed E-state index contributed by atoms with van der Waals surface area (Å²) in [7, 11) is 3.86. The lowest BCUT2D eigenvalue weighted by atomic mass is 10.4. The molecule has 0 aliphatic heterocycles. The van der Waals surface area contributed by atoms with E-state index < -0.39 is 0 Å². The molecule has 0 spiro atoms. The summed E-state index contributed by atoms with van der Waals surface area (Å²) < 4.78 is 1.87. The van der Waals surface area contributed by atoms with Gasteiger partial charge in [-0.2, -0.15) is 0 Å². The van der Waals surface area contributed by atoms with Gasteiger partial charge in [0, 0.05) is 27.2 Å². The molecule has 0 aliphatic rings. The first-order valence-corrected chi connectivity index (χ1v) is 4.77. The van der Waals surface area contributed by atoms with E-state index in [1.54, 1.807) is 12.7 Å². The lowest BCUT2D eigenvalue weighted by molar-refractivity contribution is 0.868. The highest BCUT2D eigenvalue weighted by Crippen LogP contribution is 2.18. The van der Waals surface area contributed by atoms with Crippen LogP contribution in [0.2, 0.25) is 0 Å².